The second-order valence-electron chi connectivity index (χ2n) is 4.29. The maximum atomic E-state index is 11.7. The van der Waals surface area contributed by atoms with E-state index in [0.717, 1.165) is 5.56 Å². The summed E-state index contributed by atoms with van der Waals surface area (Å²) in [6, 6.07) is 8.28. The molecule has 0 aromatic heterocycles. The van der Waals surface area contributed by atoms with E-state index in [1.807, 2.05) is 6.26 Å². The molecular weight excluding hydrogens is 236 g/mol. The molecule has 1 heterocycles. The van der Waals surface area contributed by atoms with Gasteiger partial charge in [0.15, 0.2) is 0 Å². The van der Waals surface area contributed by atoms with Crippen molar-refractivity contribution in [1.82, 2.24) is 0 Å². The molecule has 0 saturated carbocycles. The Bertz CT molecular complexity index is 396. The van der Waals surface area contributed by atoms with Crippen molar-refractivity contribution >= 4 is 17.7 Å². The van der Waals surface area contributed by atoms with Gasteiger partial charge in [-0.1, -0.05) is 12.1 Å². The van der Waals surface area contributed by atoms with Crippen molar-refractivity contribution < 1.29 is 14.3 Å². The Kier molecular flexibility index (Phi) is 3.74. The van der Waals surface area contributed by atoms with Crippen molar-refractivity contribution in [3.63, 3.8) is 0 Å². The molecule has 0 N–H and O–H groups in total. The first kappa shape index (κ1) is 12.5. The molecule has 1 aromatic rings. The van der Waals surface area contributed by atoms with Crippen molar-refractivity contribution in [3.8, 4) is 0 Å². The molecule has 0 amide bonds. The average Bonchev–Trinajstić information content (AvgIpc) is 2.33. The van der Waals surface area contributed by atoms with Gasteiger partial charge in [-0.15, -0.1) is 11.8 Å². The van der Waals surface area contributed by atoms with E-state index in [0.29, 0.717) is 19.6 Å². The lowest BCUT2D eigenvalue weighted by Crippen LogP contribution is -2.51. The van der Waals surface area contributed by atoms with Crippen LogP contribution in [0.4, 0.5) is 0 Å². The van der Waals surface area contributed by atoms with Crippen LogP contribution in [0, 0.1) is 5.41 Å². The fourth-order valence-corrected chi connectivity index (χ4v) is 2.40. The number of benzene rings is 1. The number of rotatable bonds is 4. The number of hydrogen-bond donors (Lipinski definition) is 0. The Morgan fingerprint density at radius 3 is 2.47 bits per heavy atom. The SMILES string of the molecule is COC(=O)C1(Cc2ccc(SC)cc2)COC1. The van der Waals surface area contributed by atoms with E-state index in [1.54, 1.807) is 11.8 Å². The Labute approximate surface area is 105 Å². The van der Waals surface area contributed by atoms with Gasteiger partial charge in [0.05, 0.1) is 20.3 Å². The third kappa shape index (κ3) is 2.48. The van der Waals surface area contributed by atoms with Crippen LogP contribution in [0.15, 0.2) is 29.2 Å². The van der Waals surface area contributed by atoms with E-state index in [2.05, 4.69) is 24.3 Å². The van der Waals surface area contributed by atoms with E-state index in [1.165, 1.54) is 12.0 Å². The summed E-state index contributed by atoms with van der Waals surface area (Å²) in [6.07, 6.45) is 2.74. The maximum absolute atomic E-state index is 11.7. The molecule has 1 saturated heterocycles. The first-order chi connectivity index (χ1) is 8.20. The van der Waals surface area contributed by atoms with Crippen molar-refractivity contribution in [3.05, 3.63) is 29.8 Å². The highest BCUT2D eigenvalue weighted by atomic mass is 32.2. The lowest BCUT2D eigenvalue weighted by atomic mass is 9.80. The standard InChI is InChI=1S/C13H16O3S/c1-15-12(14)13(8-16-9-13)7-10-3-5-11(17-2)6-4-10/h3-6H,7-9H2,1-2H3. The van der Waals surface area contributed by atoms with Gasteiger partial charge in [-0.2, -0.15) is 0 Å². The smallest absolute Gasteiger partial charge is 0.316 e. The minimum atomic E-state index is -0.463. The van der Waals surface area contributed by atoms with Crippen molar-refractivity contribution in [2.75, 3.05) is 26.6 Å². The lowest BCUT2D eigenvalue weighted by molar-refractivity contribution is -0.182. The highest BCUT2D eigenvalue weighted by molar-refractivity contribution is 7.98. The minimum Gasteiger partial charge on any atom is -0.468 e. The summed E-state index contributed by atoms with van der Waals surface area (Å²) in [4.78, 5) is 13.0. The van der Waals surface area contributed by atoms with E-state index >= 15 is 0 Å². The predicted octanol–water partition coefficient (Wildman–Crippen LogP) is 2.14. The van der Waals surface area contributed by atoms with E-state index in [9.17, 15) is 4.79 Å². The summed E-state index contributed by atoms with van der Waals surface area (Å²) in [6.45, 7) is 0.925. The van der Waals surface area contributed by atoms with Gasteiger partial charge in [-0.3, -0.25) is 4.79 Å². The molecule has 1 fully saturated rings. The van der Waals surface area contributed by atoms with Crippen LogP contribution in [0.1, 0.15) is 5.56 Å². The quantitative estimate of drug-likeness (QED) is 0.607. The highest BCUT2D eigenvalue weighted by Crippen LogP contribution is 2.33. The molecule has 1 aliphatic heterocycles. The fraction of sp³-hybridized carbons (Fsp3) is 0.462. The van der Waals surface area contributed by atoms with Gasteiger partial charge in [0.25, 0.3) is 0 Å². The number of carbonyl (C=O) groups is 1. The van der Waals surface area contributed by atoms with Crippen LogP contribution in [-0.4, -0.2) is 32.5 Å². The second-order valence-corrected chi connectivity index (χ2v) is 5.17. The molecule has 0 unspecified atom stereocenters. The Balaban J connectivity index is 2.10. The number of hydrogen-bond acceptors (Lipinski definition) is 4. The molecule has 4 heteroatoms. The summed E-state index contributed by atoms with van der Waals surface area (Å²) in [7, 11) is 1.43. The van der Waals surface area contributed by atoms with Gasteiger partial charge in [-0.25, -0.2) is 0 Å². The number of carbonyl (C=O) groups excluding carboxylic acids is 1. The molecule has 0 spiro atoms. The fourth-order valence-electron chi connectivity index (χ4n) is 1.99. The zero-order chi connectivity index (χ0) is 12.3. The third-order valence-electron chi connectivity index (χ3n) is 3.08. The highest BCUT2D eigenvalue weighted by Gasteiger charge is 2.46. The summed E-state index contributed by atoms with van der Waals surface area (Å²) >= 11 is 1.71. The second kappa shape index (κ2) is 5.10. The van der Waals surface area contributed by atoms with Crippen LogP contribution in [0.2, 0.25) is 0 Å². The number of methoxy groups -OCH3 is 1. The third-order valence-corrected chi connectivity index (χ3v) is 3.82. The van der Waals surface area contributed by atoms with Crippen LogP contribution >= 0.6 is 11.8 Å². The molecule has 1 aromatic carbocycles. The van der Waals surface area contributed by atoms with Gasteiger partial charge >= 0.3 is 5.97 Å². The minimum absolute atomic E-state index is 0.169. The average molecular weight is 252 g/mol. The van der Waals surface area contributed by atoms with Gasteiger partial charge < -0.3 is 9.47 Å². The number of ether oxygens (including phenoxy) is 2. The number of esters is 1. The zero-order valence-corrected chi connectivity index (χ0v) is 10.9. The van der Waals surface area contributed by atoms with Crippen LogP contribution in [0.25, 0.3) is 0 Å². The first-order valence-electron chi connectivity index (χ1n) is 5.49. The van der Waals surface area contributed by atoms with E-state index < -0.39 is 5.41 Å². The molecule has 2 rings (SSSR count). The monoisotopic (exact) mass is 252 g/mol. The Morgan fingerprint density at radius 1 is 1.41 bits per heavy atom. The van der Waals surface area contributed by atoms with Crippen molar-refractivity contribution in [1.29, 1.82) is 0 Å². The van der Waals surface area contributed by atoms with Gasteiger partial charge in [0, 0.05) is 4.90 Å². The molecule has 0 bridgehead atoms. The van der Waals surface area contributed by atoms with Crippen LogP contribution < -0.4 is 0 Å². The van der Waals surface area contributed by atoms with Gasteiger partial charge in [0.2, 0.25) is 0 Å². The largest absolute Gasteiger partial charge is 0.468 e. The Hall–Kier alpha value is -1.00. The molecule has 1 aliphatic rings. The molecule has 0 atom stereocenters. The molecule has 92 valence electrons. The Morgan fingerprint density at radius 2 is 2.06 bits per heavy atom. The summed E-state index contributed by atoms with van der Waals surface area (Å²) in [5, 5.41) is 0. The normalized spacial score (nSPS) is 17.3. The molecular formula is C13H16O3S. The van der Waals surface area contributed by atoms with Crippen LogP contribution in [0.5, 0.6) is 0 Å². The van der Waals surface area contributed by atoms with Crippen LogP contribution in [-0.2, 0) is 20.7 Å². The van der Waals surface area contributed by atoms with Crippen molar-refractivity contribution in [2.24, 2.45) is 5.41 Å². The van der Waals surface area contributed by atoms with Crippen molar-refractivity contribution in [2.45, 2.75) is 11.3 Å². The molecule has 17 heavy (non-hydrogen) atoms. The van der Waals surface area contributed by atoms with E-state index in [4.69, 9.17) is 9.47 Å². The first-order valence-corrected chi connectivity index (χ1v) is 6.72. The topological polar surface area (TPSA) is 35.5 Å². The summed E-state index contributed by atoms with van der Waals surface area (Å²) < 4.78 is 10.0. The summed E-state index contributed by atoms with van der Waals surface area (Å²) in [5.74, 6) is -0.169. The maximum Gasteiger partial charge on any atom is 0.316 e. The van der Waals surface area contributed by atoms with Gasteiger partial charge in [0.1, 0.15) is 5.41 Å². The molecule has 3 nitrogen and oxygen atoms in total. The number of thioether (sulfide) groups is 1. The van der Waals surface area contributed by atoms with Gasteiger partial charge in [-0.05, 0) is 30.4 Å². The predicted molar refractivity (Wildman–Crippen MR) is 67.2 cm³/mol. The zero-order valence-electron chi connectivity index (χ0n) is 10.1. The summed E-state index contributed by atoms with van der Waals surface area (Å²) in [5.41, 5.74) is 0.687. The lowest BCUT2D eigenvalue weighted by Gasteiger charge is -2.38. The van der Waals surface area contributed by atoms with E-state index in [-0.39, 0.29) is 5.97 Å². The van der Waals surface area contributed by atoms with Crippen LogP contribution in [0.3, 0.4) is 0 Å². The molecule has 0 aliphatic carbocycles. The molecule has 0 radical (unpaired) electrons.